The number of benzene rings is 2. The number of carbonyl (C=O) groups is 1. The van der Waals surface area contributed by atoms with E-state index in [0.717, 1.165) is 35.6 Å². The smallest absolute Gasteiger partial charge is 0.193 e. The van der Waals surface area contributed by atoms with E-state index in [1.54, 1.807) is 7.11 Å². The highest BCUT2D eigenvalue weighted by molar-refractivity contribution is 6.27. The van der Waals surface area contributed by atoms with Crippen molar-refractivity contribution in [2.24, 2.45) is 0 Å². The third kappa shape index (κ3) is 5.43. The Bertz CT molecular complexity index is 613. The second-order valence-electron chi connectivity index (χ2n) is 5.48. The van der Waals surface area contributed by atoms with E-state index in [1.165, 1.54) is 0 Å². The number of hydrogen-bond donors (Lipinski definition) is 0. The van der Waals surface area contributed by atoms with Crippen molar-refractivity contribution < 1.29 is 14.0 Å². The highest BCUT2D eigenvalue weighted by Gasteiger charge is 2.12. The summed E-state index contributed by atoms with van der Waals surface area (Å²) in [6, 6.07) is 18.4. The Morgan fingerprint density at radius 2 is 1.78 bits per heavy atom. The molecule has 0 amide bonds. The predicted molar refractivity (Wildman–Crippen MR) is 95.5 cm³/mol. The number of hydrogen-bond acceptors (Lipinski definition) is 3. The Balaban J connectivity index is 1.94. The van der Waals surface area contributed by atoms with Gasteiger partial charge in [-0.2, -0.15) is 0 Å². The van der Waals surface area contributed by atoms with Crippen LogP contribution in [0.4, 0.5) is 0 Å². The fourth-order valence-corrected chi connectivity index (χ4v) is 3.53. The van der Waals surface area contributed by atoms with Gasteiger partial charge in [-0.3, -0.25) is 4.79 Å². The van der Waals surface area contributed by atoms with Gasteiger partial charge in [0.05, 0.1) is 0 Å². The lowest BCUT2D eigenvalue weighted by Crippen LogP contribution is -2.13. The van der Waals surface area contributed by atoms with Gasteiger partial charge in [0.2, 0.25) is 0 Å². The molecule has 0 bridgehead atoms. The molecule has 23 heavy (non-hydrogen) atoms. The van der Waals surface area contributed by atoms with E-state index in [9.17, 15) is 4.79 Å². The fourth-order valence-electron chi connectivity index (χ4n) is 2.44. The molecule has 2 aromatic rings. The average molecular weight is 328 g/mol. The molecule has 1 atom stereocenters. The zero-order valence-electron chi connectivity index (χ0n) is 13.8. The van der Waals surface area contributed by atoms with Crippen LogP contribution in [0.5, 0.6) is 0 Å². The molecule has 0 saturated heterocycles. The van der Waals surface area contributed by atoms with Gasteiger partial charge in [-0.05, 0) is 31.4 Å². The summed E-state index contributed by atoms with van der Waals surface area (Å²) >= 11 is 0. The van der Waals surface area contributed by atoms with Gasteiger partial charge in [0, 0.05) is 18.2 Å². The van der Waals surface area contributed by atoms with E-state index >= 15 is 0 Å². The number of ether oxygens (including phenoxy) is 1. The Morgan fingerprint density at radius 1 is 1.09 bits per heavy atom. The lowest BCUT2D eigenvalue weighted by molar-refractivity contribution is -0.0371. The van der Waals surface area contributed by atoms with Gasteiger partial charge in [0.25, 0.3) is 0 Å². The largest absolute Gasteiger partial charge is 0.400 e. The van der Waals surface area contributed by atoms with E-state index in [2.05, 4.69) is 6.07 Å². The molecule has 0 aromatic heterocycles. The lowest BCUT2D eigenvalue weighted by atomic mass is 9.96. The predicted octanol–water partition coefficient (Wildman–Crippen LogP) is 3.36. The van der Waals surface area contributed by atoms with E-state index < -0.39 is 9.76 Å². The summed E-state index contributed by atoms with van der Waals surface area (Å²) in [5, 5.41) is 0. The second-order valence-corrected chi connectivity index (χ2v) is 6.93. The van der Waals surface area contributed by atoms with Gasteiger partial charge in [0.15, 0.2) is 15.5 Å². The lowest BCUT2D eigenvalue weighted by Gasteiger charge is -2.11. The van der Waals surface area contributed by atoms with Crippen molar-refractivity contribution in [1.29, 1.82) is 0 Å². The summed E-state index contributed by atoms with van der Waals surface area (Å²) in [6.45, 7) is 1.92. The maximum Gasteiger partial charge on any atom is 0.193 e. The molecule has 0 aliphatic heterocycles. The molecular formula is C19H24O3Si. The van der Waals surface area contributed by atoms with Crippen molar-refractivity contribution in [3.05, 3.63) is 71.3 Å². The molecule has 0 heterocycles. The van der Waals surface area contributed by atoms with Gasteiger partial charge in [-0.1, -0.05) is 54.6 Å². The van der Waals surface area contributed by atoms with Crippen molar-refractivity contribution >= 4 is 15.5 Å². The second kappa shape index (κ2) is 9.40. The zero-order chi connectivity index (χ0) is 16.5. The van der Waals surface area contributed by atoms with Crippen molar-refractivity contribution in [2.75, 3.05) is 7.11 Å². The van der Waals surface area contributed by atoms with Crippen LogP contribution in [0.2, 0.25) is 6.04 Å². The number of methoxy groups -OCH3 is 1. The highest BCUT2D eigenvalue weighted by atomic mass is 28.2. The Morgan fingerprint density at radius 3 is 2.52 bits per heavy atom. The summed E-state index contributed by atoms with van der Waals surface area (Å²) in [6.07, 6.45) is 1.85. The van der Waals surface area contributed by atoms with Crippen molar-refractivity contribution in [3.63, 3.8) is 0 Å². The Labute approximate surface area is 140 Å². The Hall–Kier alpha value is -1.75. The van der Waals surface area contributed by atoms with Crippen molar-refractivity contribution in [1.82, 2.24) is 0 Å². The molecule has 2 aromatic carbocycles. The molecule has 0 N–H and O–H groups in total. The molecule has 0 saturated carbocycles. The summed E-state index contributed by atoms with van der Waals surface area (Å²) in [5.74, 6) is 0.0997. The molecule has 2 rings (SSSR count). The standard InChI is InChI=1S/C19H24O3Si/c1-15(21-2)22-23-14-8-12-16-9-6-7-13-18(16)19(20)17-10-4-3-5-11-17/h3-7,9-11,13,15H,8,12,14,23H2,1-2H3. The van der Waals surface area contributed by atoms with Gasteiger partial charge >= 0.3 is 0 Å². The van der Waals surface area contributed by atoms with E-state index in [0.29, 0.717) is 0 Å². The molecule has 0 fully saturated rings. The fraction of sp³-hybridized carbons (Fsp3) is 0.316. The van der Waals surface area contributed by atoms with Gasteiger partial charge in [-0.25, -0.2) is 0 Å². The molecule has 3 nitrogen and oxygen atoms in total. The number of aryl methyl sites for hydroxylation is 1. The quantitative estimate of drug-likeness (QED) is 0.306. The third-order valence-electron chi connectivity index (χ3n) is 3.82. The number of rotatable bonds is 9. The van der Waals surface area contributed by atoms with Crippen LogP contribution in [0, 0.1) is 0 Å². The van der Waals surface area contributed by atoms with Gasteiger partial charge in [0.1, 0.15) is 6.29 Å². The van der Waals surface area contributed by atoms with E-state index in [4.69, 9.17) is 9.16 Å². The van der Waals surface area contributed by atoms with E-state index in [1.807, 2.05) is 55.5 Å². The van der Waals surface area contributed by atoms with Gasteiger partial charge in [-0.15, -0.1) is 0 Å². The molecule has 4 heteroatoms. The van der Waals surface area contributed by atoms with Crippen LogP contribution in [0.15, 0.2) is 54.6 Å². The van der Waals surface area contributed by atoms with Crippen LogP contribution >= 0.6 is 0 Å². The van der Waals surface area contributed by atoms with Crippen LogP contribution in [0.1, 0.15) is 34.8 Å². The van der Waals surface area contributed by atoms with Crippen LogP contribution < -0.4 is 0 Å². The zero-order valence-corrected chi connectivity index (χ0v) is 15.2. The molecule has 0 aliphatic carbocycles. The maximum atomic E-state index is 12.7. The minimum atomic E-state index is -0.555. The van der Waals surface area contributed by atoms with Gasteiger partial charge < -0.3 is 9.16 Å². The monoisotopic (exact) mass is 328 g/mol. The summed E-state index contributed by atoms with van der Waals surface area (Å²) in [4.78, 5) is 12.7. The van der Waals surface area contributed by atoms with Crippen LogP contribution in [-0.2, 0) is 15.6 Å². The SMILES string of the molecule is COC(C)O[SiH2]CCCc1ccccc1C(=O)c1ccccc1. The molecule has 122 valence electrons. The maximum absolute atomic E-state index is 12.7. The van der Waals surface area contributed by atoms with Crippen LogP contribution in [0.25, 0.3) is 0 Å². The molecular weight excluding hydrogens is 304 g/mol. The minimum absolute atomic E-state index is 0.0997. The molecule has 0 aliphatic rings. The summed E-state index contributed by atoms with van der Waals surface area (Å²) < 4.78 is 10.7. The van der Waals surface area contributed by atoms with Crippen molar-refractivity contribution in [2.45, 2.75) is 32.1 Å². The summed E-state index contributed by atoms with van der Waals surface area (Å²) in [7, 11) is 1.10. The van der Waals surface area contributed by atoms with Crippen LogP contribution in [0.3, 0.4) is 0 Å². The molecule has 0 radical (unpaired) electrons. The third-order valence-corrected chi connectivity index (χ3v) is 5.32. The normalized spacial score (nSPS) is 12.6. The average Bonchev–Trinajstić information content (AvgIpc) is 2.61. The molecule has 0 spiro atoms. The first-order chi connectivity index (χ1) is 11.2. The van der Waals surface area contributed by atoms with Crippen LogP contribution in [-0.4, -0.2) is 28.9 Å². The molecule has 1 unspecified atom stereocenters. The number of ketones is 1. The first-order valence-corrected chi connectivity index (χ1v) is 9.62. The van der Waals surface area contributed by atoms with Crippen molar-refractivity contribution in [3.8, 4) is 0 Å². The highest BCUT2D eigenvalue weighted by Crippen LogP contribution is 2.17. The minimum Gasteiger partial charge on any atom is -0.400 e. The topological polar surface area (TPSA) is 35.5 Å². The Kier molecular flexibility index (Phi) is 7.19. The van der Waals surface area contributed by atoms with E-state index in [-0.39, 0.29) is 12.1 Å². The first-order valence-electron chi connectivity index (χ1n) is 8.04. The summed E-state index contributed by atoms with van der Waals surface area (Å²) in [5.41, 5.74) is 2.67. The number of carbonyl (C=O) groups excluding carboxylic acids is 1. The first kappa shape index (κ1) is 17.6.